The number of ether oxygens (including phenoxy) is 3. The molecule has 0 spiro atoms. The van der Waals surface area contributed by atoms with Gasteiger partial charge in [0.15, 0.2) is 0 Å². The molecule has 1 amide bonds. The zero-order valence-electron chi connectivity index (χ0n) is 26.0. The van der Waals surface area contributed by atoms with Crippen molar-refractivity contribution in [2.45, 2.75) is 51.8 Å². The molecular weight excluding hydrogens is 591 g/mol. The first-order valence-corrected chi connectivity index (χ1v) is 14.5. The normalized spacial score (nSPS) is 13.8. The Morgan fingerprint density at radius 3 is 2.27 bits per heavy atom. The average Bonchev–Trinajstić information content (AvgIpc) is 2.99. The third kappa shape index (κ3) is 8.99. The number of carbonyl (C=O) groups is 2. The van der Waals surface area contributed by atoms with Gasteiger partial charge in [0.2, 0.25) is 5.95 Å². The number of hydrogen-bond acceptors (Lipinski definition) is 9. The van der Waals surface area contributed by atoms with Crippen molar-refractivity contribution >= 4 is 29.4 Å². The maximum Gasteiger partial charge on any atom is 0.419 e. The van der Waals surface area contributed by atoms with Crippen LogP contribution >= 0.6 is 0 Å². The largest absolute Gasteiger partial charge is 0.494 e. The van der Waals surface area contributed by atoms with Gasteiger partial charge in [-0.05, 0) is 56.9 Å². The molecule has 1 fully saturated rings. The summed E-state index contributed by atoms with van der Waals surface area (Å²) >= 11 is 0. The Morgan fingerprint density at radius 2 is 1.64 bits per heavy atom. The van der Waals surface area contributed by atoms with Crippen molar-refractivity contribution in [3.05, 3.63) is 71.0 Å². The van der Waals surface area contributed by atoms with Crippen LogP contribution in [-0.2, 0) is 39.7 Å². The third-order valence-electron chi connectivity index (χ3n) is 7.21. The molecule has 0 bridgehead atoms. The Morgan fingerprint density at radius 1 is 0.956 bits per heavy atom. The summed E-state index contributed by atoms with van der Waals surface area (Å²) in [5.74, 6) is -0.00305. The second-order valence-electron chi connectivity index (χ2n) is 11.5. The highest BCUT2D eigenvalue weighted by atomic mass is 19.4. The van der Waals surface area contributed by atoms with Crippen molar-refractivity contribution in [2.75, 3.05) is 50.6 Å². The van der Waals surface area contributed by atoms with Gasteiger partial charge in [-0.15, -0.1) is 0 Å². The lowest BCUT2D eigenvalue weighted by atomic mass is 9.98. The van der Waals surface area contributed by atoms with Crippen LogP contribution in [0.4, 0.5) is 35.3 Å². The van der Waals surface area contributed by atoms with Crippen LogP contribution < -0.4 is 15.0 Å². The number of amides is 1. The van der Waals surface area contributed by atoms with E-state index < -0.39 is 23.3 Å². The first-order chi connectivity index (χ1) is 21.3. The van der Waals surface area contributed by atoms with Gasteiger partial charge in [0, 0.05) is 44.1 Å². The summed E-state index contributed by atoms with van der Waals surface area (Å²) in [7, 11) is 2.78. The maximum absolute atomic E-state index is 13.9. The summed E-state index contributed by atoms with van der Waals surface area (Å²) < 4.78 is 57.5. The number of aromatic nitrogens is 2. The Kier molecular flexibility index (Phi) is 10.4. The minimum atomic E-state index is -4.65. The molecule has 0 aliphatic carbocycles. The monoisotopic (exact) mass is 629 g/mol. The number of benzene rings is 2. The molecule has 1 N–H and O–H groups in total. The van der Waals surface area contributed by atoms with Gasteiger partial charge in [-0.25, -0.2) is 14.8 Å². The van der Waals surface area contributed by atoms with Gasteiger partial charge in [-0.2, -0.15) is 13.2 Å². The molecule has 3 aromatic rings. The molecule has 1 aliphatic heterocycles. The molecule has 1 aromatic heterocycles. The lowest BCUT2D eigenvalue weighted by Gasteiger charge is -2.37. The number of nitrogens with zero attached hydrogens (tertiary/aromatic N) is 4. The quantitative estimate of drug-likeness (QED) is 0.294. The summed E-state index contributed by atoms with van der Waals surface area (Å²) in [5.41, 5.74) is 1.08. The fourth-order valence-corrected chi connectivity index (χ4v) is 4.93. The maximum atomic E-state index is 13.9. The van der Waals surface area contributed by atoms with Crippen LogP contribution in [0.5, 0.6) is 5.75 Å². The number of halogens is 3. The van der Waals surface area contributed by atoms with Crippen LogP contribution in [0.1, 0.15) is 43.2 Å². The highest BCUT2D eigenvalue weighted by Gasteiger charge is 2.35. The number of piperazine rings is 1. The molecule has 0 saturated carbocycles. The van der Waals surface area contributed by atoms with E-state index in [0.29, 0.717) is 43.2 Å². The van der Waals surface area contributed by atoms with Gasteiger partial charge in [0.1, 0.15) is 11.4 Å². The number of rotatable bonds is 9. The van der Waals surface area contributed by atoms with Gasteiger partial charge in [0.25, 0.3) is 0 Å². The lowest BCUT2D eigenvalue weighted by molar-refractivity contribution is -0.140. The van der Waals surface area contributed by atoms with E-state index in [2.05, 4.69) is 20.2 Å². The molecule has 10 nitrogen and oxygen atoms in total. The van der Waals surface area contributed by atoms with Crippen LogP contribution in [0.25, 0.3) is 0 Å². The Bertz CT molecular complexity index is 1500. The molecule has 0 unspecified atom stereocenters. The summed E-state index contributed by atoms with van der Waals surface area (Å²) in [4.78, 5) is 36.2. The van der Waals surface area contributed by atoms with Crippen LogP contribution in [0.3, 0.4) is 0 Å². The van der Waals surface area contributed by atoms with E-state index in [9.17, 15) is 22.8 Å². The zero-order valence-corrected chi connectivity index (χ0v) is 26.0. The highest BCUT2D eigenvalue weighted by Crippen LogP contribution is 2.35. The van der Waals surface area contributed by atoms with E-state index in [-0.39, 0.29) is 37.0 Å². The third-order valence-corrected chi connectivity index (χ3v) is 7.21. The summed E-state index contributed by atoms with van der Waals surface area (Å²) in [6, 6.07) is 12.5. The zero-order chi connectivity index (χ0) is 32.8. The molecule has 0 radical (unpaired) electrons. The first-order valence-electron chi connectivity index (χ1n) is 14.5. The molecule has 242 valence electrons. The smallest absolute Gasteiger partial charge is 0.419 e. The van der Waals surface area contributed by atoms with Crippen molar-refractivity contribution in [3.63, 3.8) is 0 Å². The molecule has 2 heterocycles. The van der Waals surface area contributed by atoms with Crippen molar-refractivity contribution in [3.8, 4) is 5.75 Å². The molecular formula is C32H38F3N5O5. The SMILES string of the molecule is COC(=O)Cc1ccccc1CCc1nc(Nc2ccc(N3CCN(C(=O)OC(C)(C)C)CC3)cc2OC)ncc1C(F)(F)F. The van der Waals surface area contributed by atoms with E-state index >= 15 is 0 Å². The number of methoxy groups -OCH3 is 2. The van der Waals surface area contributed by atoms with Crippen LogP contribution in [-0.4, -0.2) is 72.9 Å². The van der Waals surface area contributed by atoms with Gasteiger partial charge in [0.05, 0.1) is 37.6 Å². The van der Waals surface area contributed by atoms with Crippen LogP contribution in [0.15, 0.2) is 48.7 Å². The lowest BCUT2D eigenvalue weighted by Crippen LogP contribution is -2.50. The fraction of sp³-hybridized carbons (Fsp3) is 0.438. The predicted molar refractivity (Wildman–Crippen MR) is 163 cm³/mol. The van der Waals surface area contributed by atoms with Gasteiger partial charge in [-0.3, -0.25) is 4.79 Å². The summed E-state index contributed by atoms with van der Waals surface area (Å²) in [6.07, 6.45) is -4.01. The van der Waals surface area contributed by atoms with E-state index in [1.165, 1.54) is 14.2 Å². The molecule has 0 atom stereocenters. The molecule has 1 saturated heterocycles. The van der Waals surface area contributed by atoms with Crippen molar-refractivity contribution in [1.82, 2.24) is 14.9 Å². The molecule has 1 aliphatic rings. The number of nitrogens with one attached hydrogen (secondary N) is 1. The first kappa shape index (κ1) is 33.3. The van der Waals surface area contributed by atoms with Gasteiger partial charge in [-0.1, -0.05) is 24.3 Å². The molecule has 4 rings (SSSR count). The molecule has 45 heavy (non-hydrogen) atoms. The summed E-state index contributed by atoms with van der Waals surface area (Å²) in [5, 5.41) is 3.00. The molecule has 13 heteroatoms. The van der Waals surface area contributed by atoms with Crippen molar-refractivity contribution in [2.24, 2.45) is 0 Å². The Hall–Kier alpha value is -4.55. The van der Waals surface area contributed by atoms with Gasteiger partial charge >= 0.3 is 18.2 Å². The van der Waals surface area contributed by atoms with Gasteiger partial charge < -0.3 is 29.3 Å². The number of hydrogen-bond donors (Lipinski definition) is 1. The topological polar surface area (TPSA) is 106 Å². The average molecular weight is 630 g/mol. The highest BCUT2D eigenvalue weighted by molar-refractivity contribution is 5.73. The minimum Gasteiger partial charge on any atom is -0.494 e. The molecule has 2 aromatic carbocycles. The number of anilines is 3. The number of aryl methyl sites for hydroxylation is 2. The number of alkyl halides is 3. The van der Waals surface area contributed by atoms with Crippen molar-refractivity contribution < 1.29 is 37.0 Å². The van der Waals surface area contributed by atoms with Crippen LogP contribution in [0.2, 0.25) is 0 Å². The van der Waals surface area contributed by atoms with Crippen LogP contribution in [0, 0.1) is 0 Å². The standard InChI is InChI=1S/C32H38F3N5O5/c1-31(2,3)45-30(42)40-16-14-39(15-17-40)23-11-13-26(27(19-23)43-4)38-29-36-20-24(32(33,34)35)25(37-29)12-10-21-8-6-7-9-22(21)18-28(41)44-5/h6-9,11,13,19-20H,10,12,14-18H2,1-5H3,(H,36,37,38). The fourth-order valence-electron chi connectivity index (χ4n) is 4.93. The Balaban J connectivity index is 1.49. The minimum absolute atomic E-state index is 0.0159. The predicted octanol–water partition coefficient (Wildman–Crippen LogP) is 5.81. The number of esters is 1. The second-order valence-corrected chi connectivity index (χ2v) is 11.5. The van der Waals surface area contributed by atoms with E-state index in [4.69, 9.17) is 14.2 Å². The van der Waals surface area contributed by atoms with E-state index in [1.54, 1.807) is 35.2 Å². The number of carbonyl (C=O) groups excluding carboxylic acids is 2. The second kappa shape index (κ2) is 14.0. The Labute approximate surface area is 260 Å². The summed E-state index contributed by atoms with van der Waals surface area (Å²) in [6.45, 7) is 7.64. The van der Waals surface area contributed by atoms with E-state index in [1.807, 2.05) is 32.9 Å². The van der Waals surface area contributed by atoms with Crippen molar-refractivity contribution in [1.29, 1.82) is 0 Å². The van der Waals surface area contributed by atoms with E-state index in [0.717, 1.165) is 17.4 Å².